The zero-order valence-corrected chi connectivity index (χ0v) is 7.05. The Morgan fingerprint density at radius 1 is 1.62 bits per heavy atom. The minimum absolute atomic E-state index is 0.125. The third-order valence-electron chi connectivity index (χ3n) is 1.48. The maximum Gasteiger partial charge on any atom is 0.268 e. The third kappa shape index (κ3) is 1.75. The molecular formula is C7H5ClF2N2O. The van der Waals surface area contributed by atoms with Gasteiger partial charge < -0.3 is 5.73 Å². The van der Waals surface area contributed by atoms with Gasteiger partial charge in [-0.2, -0.15) is 0 Å². The Bertz CT molecular complexity index is 344. The van der Waals surface area contributed by atoms with Gasteiger partial charge >= 0.3 is 0 Å². The number of nitrogens with zero attached hydrogens (tertiary/aromatic N) is 1. The average molecular weight is 207 g/mol. The summed E-state index contributed by atoms with van der Waals surface area (Å²) in [5.41, 5.74) is 4.25. The highest BCUT2D eigenvalue weighted by Gasteiger charge is 2.19. The molecule has 13 heavy (non-hydrogen) atoms. The normalized spacial score (nSPS) is 10.5. The number of aldehydes is 1. The molecule has 6 heteroatoms. The van der Waals surface area contributed by atoms with E-state index in [1.165, 1.54) is 0 Å². The minimum Gasteiger partial charge on any atom is -0.383 e. The summed E-state index contributed by atoms with van der Waals surface area (Å²) in [7, 11) is 0. The van der Waals surface area contributed by atoms with Crippen LogP contribution in [0.3, 0.4) is 0 Å². The molecule has 0 aliphatic heterocycles. The minimum atomic E-state index is -2.86. The number of aromatic nitrogens is 1. The lowest BCUT2D eigenvalue weighted by molar-refractivity contribution is 0.110. The zero-order valence-electron chi connectivity index (χ0n) is 6.30. The van der Waals surface area contributed by atoms with E-state index in [9.17, 15) is 13.6 Å². The second-order valence-electron chi connectivity index (χ2n) is 2.24. The van der Waals surface area contributed by atoms with E-state index in [0.29, 0.717) is 0 Å². The summed E-state index contributed by atoms with van der Waals surface area (Å²) >= 11 is 5.46. The summed E-state index contributed by atoms with van der Waals surface area (Å²) < 4.78 is 24.6. The average Bonchev–Trinajstić information content (AvgIpc) is 2.07. The lowest BCUT2D eigenvalue weighted by Gasteiger charge is -2.07. The number of hydrogen-bond acceptors (Lipinski definition) is 3. The van der Waals surface area contributed by atoms with E-state index < -0.39 is 12.0 Å². The van der Waals surface area contributed by atoms with Gasteiger partial charge in [-0.3, -0.25) is 4.79 Å². The molecule has 0 aliphatic rings. The first-order chi connectivity index (χ1) is 6.07. The number of pyridine rings is 1. The van der Waals surface area contributed by atoms with Gasteiger partial charge in [-0.15, -0.1) is 0 Å². The maximum atomic E-state index is 12.3. The summed E-state index contributed by atoms with van der Waals surface area (Å²) in [4.78, 5) is 13.8. The Kier molecular flexibility index (Phi) is 2.77. The quantitative estimate of drug-likeness (QED) is 0.754. The van der Waals surface area contributed by atoms with Crippen molar-refractivity contribution in [2.24, 2.45) is 0 Å². The number of anilines is 1. The van der Waals surface area contributed by atoms with Crippen LogP contribution in [0.1, 0.15) is 22.3 Å². The first kappa shape index (κ1) is 9.85. The highest BCUT2D eigenvalue weighted by atomic mass is 35.5. The molecule has 0 fully saturated rings. The van der Waals surface area contributed by atoms with Crippen LogP contribution in [0.2, 0.25) is 5.02 Å². The molecule has 70 valence electrons. The molecule has 2 N–H and O–H groups in total. The predicted molar refractivity (Wildman–Crippen MR) is 44.0 cm³/mol. The maximum absolute atomic E-state index is 12.3. The van der Waals surface area contributed by atoms with Crippen molar-refractivity contribution in [1.29, 1.82) is 0 Å². The van der Waals surface area contributed by atoms with Gasteiger partial charge in [0.1, 0.15) is 5.82 Å². The van der Waals surface area contributed by atoms with Gasteiger partial charge in [0, 0.05) is 11.8 Å². The first-order valence-corrected chi connectivity index (χ1v) is 3.63. The summed E-state index contributed by atoms with van der Waals surface area (Å²) in [6, 6.07) is 0. The van der Waals surface area contributed by atoms with Gasteiger partial charge in [0.15, 0.2) is 6.29 Å². The fraction of sp³-hybridized carbons (Fsp3) is 0.143. The molecule has 3 nitrogen and oxygen atoms in total. The number of hydrogen-bond donors (Lipinski definition) is 1. The van der Waals surface area contributed by atoms with Crippen LogP contribution in [0.25, 0.3) is 0 Å². The zero-order chi connectivity index (χ0) is 10.0. The monoisotopic (exact) mass is 206 g/mol. The number of nitrogens with two attached hydrogens (primary N) is 1. The van der Waals surface area contributed by atoms with E-state index in [1.54, 1.807) is 0 Å². The molecule has 0 saturated carbocycles. The Morgan fingerprint density at radius 2 is 2.23 bits per heavy atom. The van der Waals surface area contributed by atoms with E-state index in [2.05, 4.69) is 4.98 Å². The lowest BCUT2D eigenvalue weighted by atomic mass is 10.1. The van der Waals surface area contributed by atoms with Gasteiger partial charge in [-0.1, -0.05) is 11.6 Å². The topological polar surface area (TPSA) is 56.0 Å². The number of rotatable bonds is 2. The summed E-state index contributed by atoms with van der Waals surface area (Å²) in [6.07, 6.45) is -1.56. The SMILES string of the molecule is Nc1ncc(Cl)c(C=O)c1C(F)F. The van der Waals surface area contributed by atoms with Crippen molar-refractivity contribution in [2.75, 3.05) is 5.73 Å². The summed E-state index contributed by atoms with van der Waals surface area (Å²) in [5, 5.41) is -0.125. The lowest BCUT2D eigenvalue weighted by Crippen LogP contribution is -2.03. The van der Waals surface area contributed by atoms with E-state index in [-0.39, 0.29) is 22.7 Å². The third-order valence-corrected chi connectivity index (χ3v) is 1.78. The molecule has 0 aromatic carbocycles. The van der Waals surface area contributed by atoms with Crippen LogP contribution in [-0.4, -0.2) is 11.3 Å². The van der Waals surface area contributed by atoms with Gasteiger partial charge in [-0.25, -0.2) is 13.8 Å². The predicted octanol–water partition coefficient (Wildman–Crippen LogP) is 2.07. The fourth-order valence-corrected chi connectivity index (χ4v) is 1.08. The molecule has 1 heterocycles. The van der Waals surface area contributed by atoms with Crippen LogP contribution in [0.5, 0.6) is 0 Å². The Morgan fingerprint density at radius 3 is 2.62 bits per heavy atom. The highest BCUT2D eigenvalue weighted by molar-refractivity contribution is 6.33. The molecule has 0 bridgehead atoms. The van der Waals surface area contributed by atoms with Crippen molar-refractivity contribution in [1.82, 2.24) is 4.98 Å². The van der Waals surface area contributed by atoms with Crippen molar-refractivity contribution in [3.05, 3.63) is 22.3 Å². The number of alkyl halides is 2. The number of carbonyl (C=O) groups excluding carboxylic acids is 1. The van der Waals surface area contributed by atoms with E-state index in [4.69, 9.17) is 17.3 Å². The standard InChI is InChI=1S/C7H5ClF2N2O/c8-4-1-12-7(11)5(6(9)10)3(4)2-13/h1-2,6H,(H2,11,12). The van der Waals surface area contributed by atoms with Crippen LogP contribution in [0.4, 0.5) is 14.6 Å². The molecule has 1 aromatic heterocycles. The number of carbonyl (C=O) groups is 1. The smallest absolute Gasteiger partial charge is 0.268 e. The molecule has 0 radical (unpaired) electrons. The summed E-state index contributed by atoms with van der Waals surface area (Å²) in [5.74, 6) is -0.374. The fourth-order valence-electron chi connectivity index (χ4n) is 0.881. The van der Waals surface area contributed by atoms with Crippen molar-refractivity contribution in [3.63, 3.8) is 0 Å². The number of nitrogen functional groups attached to an aromatic ring is 1. The van der Waals surface area contributed by atoms with Gasteiger partial charge in [0.05, 0.1) is 10.6 Å². The van der Waals surface area contributed by atoms with Gasteiger partial charge in [0.2, 0.25) is 0 Å². The first-order valence-electron chi connectivity index (χ1n) is 3.25. The largest absolute Gasteiger partial charge is 0.383 e. The second-order valence-corrected chi connectivity index (χ2v) is 2.64. The Balaban J connectivity index is 3.43. The van der Waals surface area contributed by atoms with Gasteiger partial charge in [-0.05, 0) is 0 Å². The van der Waals surface area contributed by atoms with Crippen molar-refractivity contribution in [3.8, 4) is 0 Å². The molecule has 1 aromatic rings. The van der Waals surface area contributed by atoms with E-state index in [1.807, 2.05) is 0 Å². The highest BCUT2D eigenvalue weighted by Crippen LogP contribution is 2.30. The molecule has 0 aliphatic carbocycles. The van der Waals surface area contributed by atoms with Crippen molar-refractivity contribution >= 4 is 23.7 Å². The molecule has 0 atom stereocenters. The number of halogens is 3. The van der Waals surface area contributed by atoms with E-state index in [0.717, 1.165) is 6.20 Å². The summed E-state index contributed by atoms with van der Waals surface area (Å²) in [6.45, 7) is 0. The molecular weight excluding hydrogens is 202 g/mol. The van der Waals surface area contributed by atoms with Crippen LogP contribution >= 0.6 is 11.6 Å². The van der Waals surface area contributed by atoms with Crippen LogP contribution in [-0.2, 0) is 0 Å². The van der Waals surface area contributed by atoms with Gasteiger partial charge in [0.25, 0.3) is 6.43 Å². The Labute approximate surface area is 77.5 Å². The van der Waals surface area contributed by atoms with Crippen LogP contribution in [0, 0.1) is 0 Å². The Hall–Kier alpha value is -1.23. The molecule has 0 unspecified atom stereocenters. The molecule has 0 amide bonds. The van der Waals surface area contributed by atoms with E-state index >= 15 is 0 Å². The van der Waals surface area contributed by atoms with Crippen molar-refractivity contribution < 1.29 is 13.6 Å². The molecule has 0 saturated heterocycles. The van der Waals surface area contributed by atoms with Crippen LogP contribution in [0.15, 0.2) is 6.20 Å². The van der Waals surface area contributed by atoms with Crippen molar-refractivity contribution in [2.45, 2.75) is 6.43 Å². The van der Waals surface area contributed by atoms with Crippen LogP contribution < -0.4 is 5.73 Å². The molecule has 0 spiro atoms. The second kappa shape index (κ2) is 3.66. The molecule has 1 rings (SSSR count).